The van der Waals surface area contributed by atoms with Gasteiger partial charge < -0.3 is 14.4 Å². The van der Waals surface area contributed by atoms with Crippen LogP contribution >= 0.6 is 27.7 Å². The number of rotatable bonds is 7. The van der Waals surface area contributed by atoms with Crippen LogP contribution in [0.2, 0.25) is 0 Å². The Morgan fingerprint density at radius 2 is 2.00 bits per heavy atom. The van der Waals surface area contributed by atoms with Crippen LogP contribution in [0.15, 0.2) is 11.1 Å². The van der Waals surface area contributed by atoms with Crippen LogP contribution < -0.4 is 0 Å². The van der Waals surface area contributed by atoms with Crippen LogP contribution in [0.4, 0.5) is 0 Å². The first-order valence-electron chi connectivity index (χ1n) is 6.61. The predicted octanol–water partition coefficient (Wildman–Crippen LogP) is 1.68. The molecule has 1 heterocycles. The summed E-state index contributed by atoms with van der Waals surface area (Å²) in [6.07, 6.45) is 1.29. The minimum Gasteiger partial charge on any atom is -0.466 e. The number of halogens is 1. The van der Waals surface area contributed by atoms with E-state index in [9.17, 15) is 14.4 Å². The summed E-state index contributed by atoms with van der Waals surface area (Å²) in [5.41, 5.74) is 0. The third-order valence-electron chi connectivity index (χ3n) is 2.56. The molecule has 1 aliphatic heterocycles. The van der Waals surface area contributed by atoms with E-state index in [4.69, 9.17) is 9.47 Å². The fourth-order valence-corrected chi connectivity index (χ4v) is 3.31. The summed E-state index contributed by atoms with van der Waals surface area (Å²) >= 11 is 4.46. The van der Waals surface area contributed by atoms with Gasteiger partial charge in [0.15, 0.2) is 0 Å². The Kier molecular flexibility index (Phi) is 7.81. The summed E-state index contributed by atoms with van der Waals surface area (Å²) < 4.78 is 9.71. The zero-order chi connectivity index (χ0) is 15.8. The molecule has 1 rings (SSSR count). The molecule has 0 aromatic rings. The second kappa shape index (κ2) is 9.09. The maximum atomic E-state index is 12.3. The molecule has 0 aromatic carbocycles. The molecule has 0 aromatic heterocycles. The van der Waals surface area contributed by atoms with Gasteiger partial charge in [-0.3, -0.25) is 9.59 Å². The van der Waals surface area contributed by atoms with Crippen LogP contribution in [0, 0.1) is 0 Å². The average molecular weight is 380 g/mol. The number of thioether (sulfide) groups is 1. The number of hydrogen-bond acceptors (Lipinski definition) is 6. The maximum absolute atomic E-state index is 12.3. The molecule has 0 bridgehead atoms. The number of amides is 1. The van der Waals surface area contributed by atoms with Crippen molar-refractivity contribution in [1.82, 2.24) is 4.90 Å². The molecule has 6 nitrogen and oxygen atoms in total. The molecule has 1 aliphatic rings. The van der Waals surface area contributed by atoms with Crippen molar-refractivity contribution in [3.8, 4) is 0 Å². The van der Waals surface area contributed by atoms with Gasteiger partial charge in [0, 0.05) is 11.9 Å². The van der Waals surface area contributed by atoms with Crippen LogP contribution in [0.3, 0.4) is 0 Å². The fourth-order valence-electron chi connectivity index (χ4n) is 1.74. The first-order valence-corrected chi connectivity index (χ1v) is 8.61. The third kappa shape index (κ3) is 5.35. The van der Waals surface area contributed by atoms with Crippen molar-refractivity contribution in [1.29, 1.82) is 0 Å². The molecule has 1 fully saturated rings. The summed E-state index contributed by atoms with van der Waals surface area (Å²) in [5.74, 6) is -1.10. The van der Waals surface area contributed by atoms with Crippen molar-refractivity contribution in [3.63, 3.8) is 0 Å². The number of nitrogens with zero attached hydrogens (tertiary/aromatic N) is 1. The number of alkyl halides is 1. The van der Waals surface area contributed by atoms with E-state index in [2.05, 4.69) is 15.9 Å². The van der Waals surface area contributed by atoms with Crippen LogP contribution in [0.1, 0.15) is 20.3 Å². The normalized spacial score (nSPS) is 20.0. The van der Waals surface area contributed by atoms with Gasteiger partial charge in [0.25, 0.3) is 0 Å². The van der Waals surface area contributed by atoms with Gasteiger partial charge in [-0.25, -0.2) is 4.79 Å². The lowest BCUT2D eigenvalue weighted by Crippen LogP contribution is -2.31. The fraction of sp³-hybridized carbons (Fsp3) is 0.615. The number of hydrogen-bond donors (Lipinski definition) is 0. The number of carbonyl (C=O) groups excluding carboxylic acids is 3. The van der Waals surface area contributed by atoms with E-state index in [0.29, 0.717) is 16.9 Å². The topological polar surface area (TPSA) is 72.9 Å². The second-order valence-corrected chi connectivity index (χ2v) is 6.05. The summed E-state index contributed by atoms with van der Waals surface area (Å²) in [7, 11) is 0. The van der Waals surface area contributed by atoms with E-state index in [1.54, 1.807) is 13.8 Å². The minimum absolute atomic E-state index is 0.00368. The van der Waals surface area contributed by atoms with Crippen LogP contribution in [0.5, 0.6) is 0 Å². The Hall–Kier alpha value is -1.02. The van der Waals surface area contributed by atoms with E-state index in [0.717, 1.165) is 0 Å². The molecule has 8 heteroatoms. The zero-order valence-electron chi connectivity index (χ0n) is 12.0. The Morgan fingerprint density at radius 1 is 1.33 bits per heavy atom. The molecule has 0 aliphatic carbocycles. The van der Waals surface area contributed by atoms with Gasteiger partial charge in [-0.1, -0.05) is 27.7 Å². The minimum atomic E-state index is -0.552. The van der Waals surface area contributed by atoms with E-state index >= 15 is 0 Å². The van der Waals surface area contributed by atoms with Crippen molar-refractivity contribution in [3.05, 3.63) is 11.1 Å². The average Bonchev–Trinajstić information content (AvgIpc) is 2.68. The van der Waals surface area contributed by atoms with Crippen molar-refractivity contribution in [2.24, 2.45) is 0 Å². The van der Waals surface area contributed by atoms with Crippen molar-refractivity contribution in [2.45, 2.75) is 25.5 Å². The van der Waals surface area contributed by atoms with Gasteiger partial charge in [-0.15, -0.1) is 0 Å². The van der Waals surface area contributed by atoms with Crippen LogP contribution in [-0.4, -0.2) is 53.1 Å². The molecule has 0 N–H and O–H groups in total. The molecule has 1 saturated heterocycles. The second-order valence-electron chi connectivity index (χ2n) is 4.03. The Balaban J connectivity index is 2.81. The van der Waals surface area contributed by atoms with E-state index in [-0.39, 0.29) is 25.5 Å². The first kappa shape index (κ1) is 18.0. The third-order valence-corrected chi connectivity index (χ3v) is 4.15. The monoisotopic (exact) mass is 379 g/mol. The lowest BCUT2D eigenvalue weighted by Gasteiger charge is -2.15. The Labute approximate surface area is 136 Å². The largest absolute Gasteiger partial charge is 0.466 e. The first-order chi connectivity index (χ1) is 10.0. The van der Waals surface area contributed by atoms with E-state index in [1.165, 1.54) is 22.7 Å². The van der Waals surface area contributed by atoms with Crippen molar-refractivity contribution < 1.29 is 23.9 Å². The summed E-state index contributed by atoms with van der Waals surface area (Å²) in [4.78, 5) is 36.8. The predicted molar refractivity (Wildman–Crippen MR) is 82.9 cm³/mol. The molecule has 1 atom stereocenters. The van der Waals surface area contributed by atoms with Crippen molar-refractivity contribution >= 4 is 45.5 Å². The summed E-state index contributed by atoms with van der Waals surface area (Å²) in [6.45, 7) is 4.40. The van der Waals surface area contributed by atoms with Crippen molar-refractivity contribution in [2.75, 3.05) is 25.1 Å². The van der Waals surface area contributed by atoms with Gasteiger partial charge >= 0.3 is 11.9 Å². The molecule has 1 amide bonds. The van der Waals surface area contributed by atoms with Gasteiger partial charge in [-0.2, -0.15) is 0 Å². The lowest BCUT2D eigenvalue weighted by atomic mass is 10.2. The molecule has 1 unspecified atom stereocenters. The van der Waals surface area contributed by atoms with E-state index < -0.39 is 17.2 Å². The van der Waals surface area contributed by atoms with Gasteiger partial charge in [0.05, 0.1) is 30.7 Å². The number of carbonyl (C=O) groups is 3. The highest BCUT2D eigenvalue weighted by Crippen LogP contribution is 2.37. The highest BCUT2D eigenvalue weighted by molar-refractivity contribution is 9.09. The molecule has 0 radical (unpaired) electrons. The molecule has 118 valence electrons. The number of ether oxygens (including phenoxy) is 2. The standard InChI is InChI=1S/C13H18BrNO5S/c1-3-19-11(16)7-9-13(18)15(6-5-14)10(21-9)8-12(17)20-4-2/h8-9H,3-7H2,1-2H3/b10-8-. The molecular weight excluding hydrogens is 362 g/mol. The highest BCUT2D eigenvalue weighted by atomic mass is 79.9. The zero-order valence-corrected chi connectivity index (χ0v) is 14.4. The Morgan fingerprint density at radius 3 is 2.57 bits per heavy atom. The van der Waals surface area contributed by atoms with Crippen LogP contribution in [0.25, 0.3) is 0 Å². The maximum Gasteiger partial charge on any atom is 0.333 e. The van der Waals surface area contributed by atoms with E-state index in [1.807, 2.05) is 0 Å². The van der Waals surface area contributed by atoms with Gasteiger partial charge in [-0.05, 0) is 13.8 Å². The number of esters is 2. The molecule has 0 saturated carbocycles. The summed E-state index contributed by atoms with van der Waals surface area (Å²) in [5, 5.41) is 0.530. The smallest absolute Gasteiger partial charge is 0.333 e. The lowest BCUT2D eigenvalue weighted by molar-refractivity contribution is -0.144. The van der Waals surface area contributed by atoms with Gasteiger partial charge in [0.1, 0.15) is 5.25 Å². The molecule has 21 heavy (non-hydrogen) atoms. The quantitative estimate of drug-likeness (QED) is 0.380. The molecular formula is C13H18BrNO5S. The Bertz CT molecular complexity index is 440. The van der Waals surface area contributed by atoms with Crippen LogP contribution in [-0.2, 0) is 23.9 Å². The summed E-state index contributed by atoms with van der Waals surface area (Å²) in [6, 6.07) is 0. The molecule has 0 spiro atoms. The van der Waals surface area contributed by atoms with Gasteiger partial charge in [0.2, 0.25) is 5.91 Å². The highest BCUT2D eigenvalue weighted by Gasteiger charge is 2.38. The SMILES string of the molecule is CCOC(=O)/C=C1\SC(CC(=O)OCC)C(=O)N1CCBr.